The molecule has 2 heterocycles. The van der Waals surface area contributed by atoms with Crippen LogP contribution in [0.2, 0.25) is 10.0 Å². The maximum absolute atomic E-state index is 12.0. The van der Waals surface area contributed by atoms with Crippen LogP contribution >= 0.6 is 23.2 Å². The number of hydrogen-bond acceptors (Lipinski definition) is 4. The molecule has 0 aliphatic heterocycles. The maximum Gasteiger partial charge on any atom is 0.357 e. The third-order valence-corrected chi connectivity index (χ3v) is 2.81. The van der Waals surface area contributed by atoms with Crippen LogP contribution in [0.3, 0.4) is 0 Å². The molecule has 0 bridgehead atoms. The molecule has 0 aromatic carbocycles. The Morgan fingerprint density at radius 1 is 1.40 bits per heavy atom. The van der Waals surface area contributed by atoms with Gasteiger partial charge in [0.15, 0.2) is 11.5 Å². The minimum absolute atomic E-state index is 0.0845. The normalized spacial score (nSPS) is 10.3. The second-order valence-electron chi connectivity index (χ2n) is 3.81. The Kier molecular flexibility index (Phi) is 3.91. The first kappa shape index (κ1) is 14.3. The average molecular weight is 315 g/mol. The molecule has 2 rings (SSSR count). The van der Waals surface area contributed by atoms with E-state index in [1.54, 1.807) is 0 Å². The van der Waals surface area contributed by atoms with Gasteiger partial charge in [0.2, 0.25) is 0 Å². The van der Waals surface area contributed by atoms with Crippen molar-refractivity contribution in [1.29, 1.82) is 0 Å². The largest absolute Gasteiger partial charge is 0.476 e. The summed E-state index contributed by atoms with van der Waals surface area (Å²) >= 11 is 11.6. The van der Waals surface area contributed by atoms with Gasteiger partial charge in [0, 0.05) is 19.4 Å². The molecule has 0 unspecified atom stereocenters. The number of nitrogens with one attached hydrogen (secondary N) is 1. The number of hydrogen-bond donors (Lipinski definition) is 2. The molecule has 2 N–H and O–H groups in total. The van der Waals surface area contributed by atoms with Gasteiger partial charge in [0.05, 0.1) is 15.6 Å². The number of halogens is 2. The first-order chi connectivity index (χ1) is 9.38. The average Bonchev–Trinajstić information content (AvgIpc) is 2.75. The number of rotatable bonds is 3. The van der Waals surface area contributed by atoms with Gasteiger partial charge >= 0.3 is 5.97 Å². The summed E-state index contributed by atoms with van der Waals surface area (Å²) in [6, 6.07) is 1.41. The zero-order valence-electron chi connectivity index (χ0n) is 10.1. The van der Waals surface area contributed by atoms with E-state index in [2.05, 4.69) is 15.4 Å². The lowest BCUT2D eigenvalue weighted by molar-refractivity contribution is 0.0685. The van der Waals surface area contributed by atoms with Crippen molar-refractivity contribution in [1.82, 2.24) is 14.8 Å². The topological polar surface area (TPSA) is 97.1 Å². The molecule has 20 heavy (non-hydrogen) atoms. The highest BCUT2D eigenvalue weighted by Gasteiger charge is 2.21. The fourth-order valence-electron chi connectivity index (χ4n) is 1.49. The lowest BCUT2D eigenvalue weighted by Gasteiger charge is -2.05. The summed E-state index contributed by atoms with van der Waals surface area (Å²) in [5.74, 6) is -1.89. The summed E-state index contributed by atoms with van der Waals surface area (Å²) in [4.78, 5) is 26.9. The van der Waals surface area contributed by atoms with Crippen LogP contribution in [-0.2, 0) is 7.05 Å². The number of aromatic carboxylic acids is 1. The van der Waals surface area contributed by atoms with Gasteiger partial charge in [-0.3, -0.25) is 9.48 Å². The first-order valence-corrected chi connectivity index (χ1v) is 6.03. The predicted molar refractivity (Wildman–Crippen MR) is 72.4 cm³/mol. The maximum atomic E-state index is 12.0. The predicted octanol–water partition coefficient (Wildman–Crippen LogP) is 2.07. The minimum atomic E-state index is -1.30. The fourth-order valence-corrected chi connectivity index (χ4v) is 1.92. The number of carbonyl (C=O) groups is 2. The molecule has 1 amide bonds. The van der Waals surface area contributed by atoms with E-state index >= 15 is 0 Å². The Labute approximate surface area is 123 Å². The molecule has 2 aromatic rings. The van der Waals surface area contributed by atoms with Gasteiger partial charge in [-0.05, 0) is 6.07 Å². The number of carboxylic acids is 1. The number of amides is 1. The summed E-state index contributed by atoms with van der Waals surface area (Å²) in [7, 11) is 1.51. The number of aromatic nitrogens is 3. The number of pyridine rings is 1. The smallest absolute Gasteiger partial charge is 0.357 e. The monoisotopic (exact) mass is 314 g/mol. The number of carboxylic acid groups (broad SMARTS) is 1. The molecule has 0 fully saturated rings. The van der Waals surface area contributed by atoms with Crippen molar-refractivity contribution < 1.29 is 14.7 Å². The molecule has 9 heteroatoms. The van der Waals surface area contributed by atoms with Crippen molar-refractivity contribution in [3.63, 3.8) is 0 Å². The summed E-state index contributed by atoms with van der Waals surface area (Å²) in [5.41, 5.74) is -0.442. The molecular formula is C11H8Cl2N4O3. The molecule has 0 aliphatic carbocycles. The Morgan fingerprint density at radius 2 is 2.10 bits per heavy atom. The summed E-state index contributed by atoms with van der Waals surface area (Å²) in [5, 5.41) is 15.5. The van der Waals surface area contributed by atoms with Gasteiger partial charge in [0.25, 0.3) is 5.91 Å². The quantitative estimate of drug-likeness (QED) is 0.903. The van der Waals surface area contributed by atoms with Gasteiger partial charge in [-0.2, -0.15) is 5.10 Å². The second-order valence-corrected chi connectivity index (χ2v) is 4.65. The molecule has 0 radical (unpaired) electrons. The molecule has 0 spiro atoms. The van der Waals surface area contributed by atoms with E-state index in [1.807, 2.05) is 0 Å². The molecule has 0 atom stereocenters. The van der Waals surface area contributed by atoms with Crippen LogP contribution < -0.4 is 5.32 Å². The van der Waals surface area contributed by atoms with Gasteiger partial charge in [-0.1, -0.05) is 23.2 Å². The van der Waals surface area contributed by atoms with Crippen LogP contribution in [0.15, 0.2) is 18.5 Å². The summed E-state index contributed by atoms with van der Waals surface area (Å²) < 4.78 is 1.23. The second kappa shape index (κ2) is 5.48. The van der Waals surface area contributed by atoms with Crippen LogP contribution in [-0.4, -0.2) is 31.7 Å². The van der Waals surface area contributed by atoms with Crippen molar-refractivity contribution in [2.24, 2.45) is 7.05 Å². The van der Waals surface area contributed by atoms with Crippen molar-refractivity contribution in [2.75, 3.05) is 5.32 Å². The van der Waals surface area contributed by atoms with Crippen molar-refractivity contribution in [2.45, 2.75) is 0 Å². The fraction of sp³-hybridized carbons (Fsp3) is 0.0909. The molecule has 104 valence electrons. The van der Waals surface area contributed by atoms with E-state index < -0.39 is 11.9 Å². The molecule has 0 saturated carbocycles. The van der Waals surface area contributed by atoms with Crippen molar-refractivity contribution in [3.05, 3.63) is 39.8 Å². The van der Waals surface area contributed by atoms with E-state index in [9.17, 15) is 9.59 Å². The van der Waals surface area contributed by atoms with Crippen LogP contribution in [0.5, 0.6) is 0 Å². The number of aryl methyl sites for hydroxylation is 1. The summed E-state index contributed by atoms with van der Waals surface area (Å²) in [6.45, 7) is 0. The van der Waals surface area contributed by atoms with Crippen LogP contribution in [0.4, 0.5) is 5.82 Å². The number of anilines is 1. The first-order valence-electron chi connectivity index (χ1n) is 5.28. The van der Waals surface area contributed by atoms with Crippen LogP contribution in [0, 0.1) is 0 Å². The van der Waals surface area contributed by atoms with E-state index in [0.717, 1.165) is 0 Å². The van der Waals surface area contributed by atoms with Crippen molar-refractivity contribution >= 4 is 40.9 Å². The van der Waals surface area contributed by atoms with Gasteiger partial charge in [0.1, 0.15) is 0 Å². The van der Waals surface area contributed by atoms with Gasteiger partial charge in [-0.25, -0.2) is 9.78 Å². The van der Waals surface area contributed by atoms with E-state index in [0.29, 0.717) is 5.02 Å². The lowest BCUT2D eigenvalue weighted by atomic mass is 10.2. The lowest BCUT2D eigenvalue weighted by Crippen LogP contribution is -2.16. The molecule has 7 nitrogen and oxygen atoms in total. The Bertz CT molecular complexity index is 699. The Morgan fingerprint density at radius 3 is 2.70 bits per heavy atom. The Balaban J connectivity index is 2.31. The molecule has 0 aliphatic rings. The third kappa shape index (κ3) is 2.89. The van der Waals surface area contributed by atoms with Gasteiger partial charge < -0.3 is 10.4 Å². The van der Waals surface area contributed by atoms with Crippen LogP contribution in [0.25, 0.3) is 0 Å². The zero-order valence-corrected chi connectivity index (χ0v) is 11.6. The molecule has 2 aromatic heterocycles. The van der Waals surface area contributed by atoms with Crippen LogP contribution in [0.1, 0.15) is 20.8 Å². The zero-order chi connectivity index (χ0) is 14.9. The number of nitrogens with zero attached hydrogens (tertiary/aromatic N) is 3. The van der Waals surface area contributed by atoms with E-state index in [1.165, 1.54) is 30.2 Å². The van der Waals surface area contributed by atoms with E-state index in [4.69, 9.17) is 28.3 Å². The SMILES string of the molecule is Cn1cc(C(=O)Nc2ncc(Cl)cc2Cl)c(C(=O)O)n1. The van der Waals surface area contributed by atoms with Gasteiger partial charge in [-0.15, -0.1) is 0 Å². The molecular weight excluding hydrogens is 307 g/mol. The highest BCUT2D eigenvalue weighted by molar-refractivity contribution is 6.36. The Hall–Kier alpha value is -2.12. The standard InChI is InChI=1S/C11H8Cl2N4O3/c1-17-4-6(8(16-17)11(19)20)10(18)15-9-7(13)2-5(12)3-14-9/h2-4H,1H3,(H,19,20)(H,14,15,18). The highest BCUT2D eigenvalue weighted by atomic mass is 35.5. The third-order valence-electron chi connectivity index (χ3n) is 2.32. The molecule has 0 saturated heterocycles. The minimum Gasteiger partial charge on any atom is -0.476 e. The van der Waals surface area contributed by atoms with E-state index in [-0.39, 0.29) is 22.1 Å². The highest BCUT2D eigenvalue weighted by Crippen LogP contribution is 2.23. The van der Waals surface area contributed by atoms with Crippen molar-refractivity contribution in [3.8, 4) is 0 Å². The summed E-state index contributed by atoms with van der Waals surface area (Å²) in [6.07, 6.45) is 2.60. The number of carbonyl (C=O) groups excluding carboxylic acids is 1.